The molecule has 1 aliphatic rings. The average Bonchev–Trinajstić information content (AvgIpc) is 2.93. The Balaban J connectivity index is 1.84. The summed E-state index contributed by atoms with van der Waals surface area (Å²) in [6.45, 7) is 1.23. The fraction of sp³-hybridized carbons (Fsp3) is 0.500. The van der Waals surface area contributed by atoms with Gasteiger partial charge in [0.05, 0.1) is 7.11 Å². The van der Waals surface area contributed by atoms with Crippen LogP contribution in [0.5, 0.6) is 5.75 Å². The van der Waals surface area contributed by atoms with Crippen molar-refractivity contribution in [2.24, 2.45) is 0 Å². The second kappa shape index (κ2) is 6.78. The van der Waals surface area contributed by atoms with Crippen molar-refractivity contribution < 1.29 is 14.3 Å². The highest BCUT2D eigenvalue weighted by atomic mass is 35.5. The van der Waals surface area contributed by atoms with Crippen molar-refractivity contribution in [3.63, 3.8) is 0 Å². The molecule has 1 unspecified atom stereocenters. The molecule has 1 aliphatic heterocycles. The molecule has 1 aromatic rings. The zero-order chi connectivity index (χ0) is 13.7. The summed E-state index contributed by atoms with van der Waals surface area (Å²) in [6.07, 6.45) is 2.18. The van der Waals surface area contributed by atoms with Crippen LogP contribution in [0.25, 0.3) is 0 Å². The highest BCUT2D eigenvalue weighted by molar-refractivity contribution is 6.30. The minimum atomic E-state index is -0.277. The first-order valence-corrected chi connectivity index (χ1v) is 6.80. The molecule has 0 radical (unpaired) electrons. The highest BCUT2D eigenvalue weighted by Crippen LogP contribution is 2.22. The third-order valence-electron chi connectivity index (χ3n) is 3.16. The van der Waals surface area contributed by atoms with E-state index in [-0.39, 0.29) is 12.0 Å². The number of carbonyl (C=O) groups excluding carboxylic acids is 1. The molecule has 1 amide bonds. The summed E-state index contributed by atoms with van der Waals surface area (Å²) in [7, 11) is 1.62. The normalized spacial score (nSPS) is 18.3. The Hall–Kier alpha value is -1.26. The van der Waals surface area contributed by atoms with Crippen LogP contribution in [0.1, 0.15) is 18.4 Å². The maximum Gasteiger partial charge on any atom is 0.249 e. The van der Waals surface area contributed by atoms with E-state index in [9.17, 15) is 4.79 Å². The Morgan fingerprint density at radius 3 is 3.11 bits per heavy atom. The summed E-state index contributed by atoms with van der Waals surface area (Å²) >= 11 is 5.96. The SMILES string of the molecule is COc1ccc(Cl)cc1CCNC(=O)C1CCCO1. The van der Waals surface area contributed by atoms with Gasteiger partial charge in [-0.2, -0.15) is 0 Å². The van der Waals surface area contributed by atoms with Crippen LogP contribution in [0.3, 0.4) is 0 Å². The minimum absolute atomic E-state index is 0.0292. The second-order valence-corrected chi connectivity index (χ2v) is 4.94. The van der Waals surface area contributed by atoms with E-state index in [1.54, 1.807) is 13.2 Å². The predicted octanol–water partition coefficient (Wildman–Crippen LogP) is 2.19. The fourth-order valence-electron chi connectivity index (χ4n) is 2.16. The lowest BCUT2D eigenvalue weighted by molar-refractivity contribution is -0.129. The Kier molecular flexibility index (Phi) is 5.05. The molecule has 1 atom stereocenters. The molecule has 0 saturated carbocycles. The summed E-state index contributed by atoms with van der Waals surface area (Å²) in [6, 6.07) is 5.48. The first kappa shape index (κ1) is 14.2. The van der Waals surface area contributed by atoms with Crippen LogP contribution >= 0.6 is 11.6 Å². The van der Waals surface area contributed by atoms with Gasteiger partial charge in [-0.15, -0.1) is 0 Å². The predicted molar refractivity (Wildman–Crippen MR) is 73.7 cm³/mol. The second-order valence-electron chi connectivity index (χ2n) is 4.50. The van der Waals surface area contributed by atoms with Crippen LogP contribution in [0, 0.1) is 0 Å². The van der Waals surface area contributed by atoms with Gasteiger partial charge in [0.1, 0.15) is 11.9 Å². The van der Waals surface area contributed by atoms with Gasteiger partial charge in [-0.3, -0.25) is 4.79 Å². The molecule has 1 saturated heterocycles. The molecule has 0 aromatic heterocycles. The number of halogens is 1. The fourth-order valence-corrected chi connectivity index (χ4v) is 2.36. The van der Waals surface area contributed by atoms with Crippen LogP contribution in [0.4, 0.5) is 0 Å². The topological polar surface area (TPSA) is 47.6 Å². The summed E-state index contributed by atoms with van der Waals surface area (Å²) in [5.74, 6) is 0.759. The van der Waals surface area contributed by atoms with Crippen molar-refractivity contribution in [3.8, 4) is 5.75 Å². The number of rotatable bonds is 5. The summed E-state index contributed by atoms with van der Waals surface area (Å²) in [5, 5.41) is 3.55. The van der Waals surface area contributed by atoms with Gasteiger partial charge >= 0.3 is 0 Å². The van der Waals surface area contributed by atoms with E-state index in [1.165, 1.54) is 0 Å². The quantitative estimate of drug-likeness (QED) is 0.901. The number of benzene rings is 1. The van der Waals surface area contributed by atoms with E-state index in [1.807, 2.05) is 12.1 Å². The largest absolute Gasteiger partial charge is 0.496 e. The summed E-state index contributed by atoms with van der Waals surface area (Å²) in [5.41, 5.74) is 0.989. The number of methoxy groups -OCH3 is 1. The van der Waals surface area contributed by atoms with E-state index < -0.39 is 0 Å². The Morgan fingerprint density at radius 2 is 2.42 bits per heavy atom. The molecule has 1 fully saturated rings. The maximum absolute atomic E-state index is 11.8. The lowest BCUT2D eigenvalue weighted by Crippen LogP contribution is -2.35. The number of carbonyl (C=O) groups is 1. The van der Waals surface area contributed by atoms with Gasteiger partial charge < -0.3 is 14.8 Å². The van der Waals surface area contributed by atoms with Gasteiger partial charge in [-0.05, 0) is 43.0 Å². The van der Waals surface area contributed by atoms with Crippen LogP contribution in [-0.4, -0.2) is 32.3 Å². The average molecular weight is 284 g/mol. The van der Waals surface area contributed by atoms with Crippen LogP contribution in [0.15, 0.2) is 18.2 Å². The third kappa shape index (κ3) is 3.85. The number of ether oxygens (including phenoxy) is 2. The standard InChI is InChI=1S/C14H18ClNO3/c1-18-12-5-4-11(15)9-10(12)6-7-16-14(17)13-3-2-8-19-13/h4-5,9,13H,2-3,6-8H2,1H3,(H,16,17). The molecule has 2 rings (SSSR count). The van der Waals surface area contributed by atoms with Gasteiger partial charge in [-0.1, -0.05) is 11.6 Å². The molecule has 1 heterocycles. The molecule has 5 heteroatoms. The van der Waals surface area contributed by atoms with E-state index in [0.717, 1.165) is 24.2 Å². The molecule has 1 N–H and O–H groups in total. The molecule has 1 aromatic carbocycles. The van der Waals surface area contributed by atoms with Crippen LogP contribution < -0.4 is 10.1 Å². The highest BCUT2D eigenvalue weighted by Gasteiger charge is 2.22. The van der Waals surface area contributed by atoms with E-state index in [2.05, 4.69) is 5.32 Å². The first-order chi connectivity index (χ1) is 9.20. The molecule has 0 spiro atoms. The number of hydrogen-bond acceptors (Lipinski definition) is 3. The van der Waals surface area contributed by atoms with Gasteiger partial charge in [0.25, 0.3) is 0 Å². The molecular weight excluding hydrogens is 266 g/mol. The lowest BCUT2D eigenvalue weighted by atomic mass is 10.1. The molecule has 0 aliphatic carbocycles. The third-order valence-corrected chi connectivity index (χ3v) is 3.39. The van der Waals surface area contributed by atoms with E-state index >= 15 is 0 Å². The Labute approximate surface area is 118 Å². The molecule has 104 valence electrons. The van der Waals surface area contributed by atoms with Crippen LogP contribution in [-0.2, 0) is 16.0 Å². The van der Waals surface area contributed by atoms with Crippen molar-refractivity contribution >= 4 is 17.5 Å². The van der Waals surface area contributed by atoms with Crippen LogP contribution in [0.2, 0.25) is 5.02 Å². The van der Waals surface area contributed by atoms with Gasteiger partial charge in [0.2, 0.25) is 5.91 Å². The molecular formula is C14H18ClNO3. The van der Waals surface area contributed by atoms with Gasteiger partial charge in [0, 0.05) is 18.2 Å². The van der Waals surface area contributed by atoms with Crippen molar-refractivity contribution in [1.82, 2.24) is 5.32 Å². The Morgan fingerprint density at radius 1 is 1.58 bits per heavy atom. The van der Waals surface area contributed by atoms with E-state index in [4.69, 9.17) is 21.1 Å². The maximum atomic E-state index is 11.8. The van der Waals surface area contributed by atoms with Gasteiger partial charge in [0.15, 0.2) is 0 Å². The van der Waals surface area contributed by atoms with Crippen molar-refractivity contribution in [2.75, 3.05) is 20.3 Å². The minimum Gasteiger partial charge on any atom is -0.496 e. The number of amides is 1. The summed E-state index contributed by atoms with van der Waals surface area (Å²) < 4.78 is 10.6. The van der Waals surface area contributed by atoms with Crippen molar-refractivity contribution in [1.29, 1.82) is 0 Å². The summed E-state index contributed by atoms with van der Waals surface area (Å²) in [4.78, 5) is 11.8. The zero-order valence-electron chi connectivity index (χ0n) is 10.9. The van der Waals surface area contributed by atoms with Gasteiger partial charge in [-0.25, -0.2) is 0 Å². The molecule has 0 bridgehead atoms. The monoisotopic (exact) mass is 283 g/mol. The lowest BCUT2D eigenvalue weighted by Gasteiger charge is -2.12. The molecule has 19 heavy (non-hydrogen) atoms. The number of nitrogens with one attached hydrogen (secondary N) is 1. The smallest absolute Gasteiger partial charge is 0.249 e. The Bertz CT molecular complexity index is 444. The van der Waals surface area contributed by atoms with Crippen molar-refractivity contribution in [2.45, 2.75) is 25.4 Å². The zero-order valence-corrected chi connectivity index (χ0v) is 11.7. The van der Waals surface area contributed by atoms with E-state index in [0.29, 0.717) is 24.6 Å². The van der Waals surface area contributed by atoms with Crippen molar-refractivity contribution in [3.05, 3.63) is 28.8 Å². The first-order valence-electron chi connectivity index (χ1n) is 6.42. The number of hydrogen-bond donors (Lipinski definition) is 1. The molecule has 4 nitrogen and oxygen atoms in total.